The highest BCUT2D eigenvalue weighted by Crippen LogP contribution is 2.31. The molecule has 0 radical (unpaired) electrons. The molecule has 0 aliphatic carbocycles. The van der Waals surface area contributed by atoms with Gasteiger partial charge in [-0.15, -0.1) is 10.2 Å². The van der Waals surface area contributed by atoms with Gasteiger partial charge in [-0.25, -0.2) is 4.52 Å². The van der Waals surface area contributed by atoms with Crippen LogP contribution in [0.25, 0.3) is 17.0 Å². The van der Waals surface area contributed by atoms with Crippen LogP contribution in [0.2, 0.25) is 0 Å². The van der Waals surface area contributed by atoms with Gasteiger partial charge in [0, 0.05) is 23.2 Å². The molecule has 20 heavy (non-hydrogen) atoms. The molecule has 0 aliphatic rings. The number of hydrogen-bond donors (Lipinski definition) is 3. The number of H-pyrrole nitrogens is 1. The van der Waals surface area contributed by atoms with E-state index in [-0.39, 0.29) is 16.9 Å². The molecule has 0 amide bonds. The third kappa shape index (κ3) is 1.89. The van der Waals surface area contributed by atoms with E-state index in [4.69, 9.17) is 0 Å². The quantitative estimate of drug-likeness (QED) is 0.635. The van der Waals surface area contributed by atoms with Gasteiger partial charge in [0.05, 0.1) is 5.56 Å². The van der Waals surface area contributed by atoms with Gasteiger partial charge in [0.2, 0.25) is 0 Å². The standard InChI is InChI=1S/C14H16N4O2/c1-14(2,3)11-7-12-15-16-13(18(12)17-11)9-5-4-8(19)6-10(9)20/h4-7,17,19-20H,1-3H3. The first-order valence-corrected chi connectivity index (χ1v) is 6.33. The van der Waals surface area contributed by atoms with E-state index >= 15 is 0 Å². The summed E-state index contributed by atoms with van der Waals surface area (Å²) in [6.45, 7) is 6.30. The Morgan fingerprint density at radius 3 is 2.50 bits per heavy atom. The van der Waals surface area contributed by atoms with E-state index in [1.54, 1.807) is 10.6 Å². The summed E-state index contributed by atoms with van der Waals surface area (Å²) in [6, 6.07) is 6.33. The normalized spacial score (nSPS) is 12.2. The number of hydrogen-bond acceptors (Lipinski definition) is 4. The van der Waals surface area contributed by atoms with Gasteiger partial charge in [-0.05, 0) is 12.1 Å². The maximum absolute atomic E-state index is 9.93. The van der Waals surface area contributed by atoms with Crippen molar-refractivity contribution in [2.24, 2.45) is 0 Å². The third-order valence-electron chi connectivity index (χ3n) is 3.22. The van der Waals surface area contributed by atoms with Crippen LogP contribution in [-0.2, 0) is 5.41 Å². The first kappa shape index (κ1) is 12.5. The summed E-state index contributed by atoms with van der Waals surface area (Å²) < 4.78 is 1.73. The van der Waals surface area contributed by atoms with Gasteiger partial charge in [0.15, 0.2) is 11.5 Å². The number of fused-ring (bicyclic) bond motifs is 1. The lowest BCUT2D eigenvalue weighted by atomic mass is 9.93. The van der Waals surface area contributed by atoms with Gasteiger partial charge >= 0.3 is 0 Å². The highest BCUT2D eigenvalue weighted by atomic mass is 16.3. The van der Waals surface area contributed by atoms with Gasteiger partial charge in [-0.1, -0.05) is 20.8 Å². The predicted molar refractivity (Wildman–Crippen MR) is 74.8 cm³/mol. The second-order valence-electron chi connectivity index (χ2n) is 5.84. The second kappa shape index (κ2) is 4.00. The van der Waals surface area contributed by atoms with Gasteiger partial charge in [0.1, 0.15) is 11.5 Å². The average Bonchev–Trinajstić information content (AvgIpc) is 2.88. The van der Waals surface area contributed by atoms with Crippen molar-refractivity contribution >= 4 is 5.65 Å². The monoisotopic (exact) mass is 272 g/mol. The van der Waals surface area contributed by atoms with Gasteiger partial charge in [-0.2, -0.15) is 0 Å². The van der Waals surface area contributed by atoms with E-state index < -0.39 is 0 Å². The molecule has 0 saturated heterocycles. The first-order valence-electron chi connectivity index (χ1n) is 6.33. The van der Waals surface area contributed by atoms with Crippen LogP contribution in [0.4, 0.5) is 0 Å². The van der Waals surface area contributed by atoms with Crippen molar-refractivity contribution in [3.8, 4) is 22.9 Å². The SMILES string of the molecule is CC(C)(C)c1cc2nnc(-c3ccc(O)cc3O)n2[nH]1. The molecule has 3 rings (SSSR count). The molecule has 1 aromatic carbocycles. The number of rotatable bonds is 1. The van der Waals surface area contributed by atoms with Gasteiger partial charge in [0.25, 0.3) is 0 Å². The van der Waals surface area contributed by atoms with Crippen molar-refractivity contribution in [3.63, 3.8) is 0 Å². The number of aromatic hydroxyl groups is 2. The van der Waals surface area contributed by atoms with Crippen LogP contribution in [0.5, 0.6) is 11.5 Å². The van der Waals surface area contributed by atoms with Gasteiger partial charge in [-0.3, -0.25) is 5.10 Å². The van der Waals surface area contributed by atoms with Crippen LogP contribution in [0.3, 0.4) is 0 Å². The summed E-state index contributed by atoms with van der Waals surface area (Å²) in [4.78, 5) is 0. The summed E-state index contributed by atoms with van der Waals surface area (Å²) in [5, 5.41) is 30.7. The van der Waals surface area contributed by atoms with Crippen LogP contribution < -0.4 is 0 Å². The fourth-order valence-corrected chi connectivity index (χ4v) is 2.05. The first-order chi connectivity index (χ1) is 9.36. The number of phenols is 2. The molecule has 3 aromatic rings. The lowest BCUT2D eigenvalue weighted by Crippen LogP contribution is -2.12. The highest BCUT2D eigenvalue weighted by molar-refractivity contribution is 5.67. The summed E-state index contributed by atoms with van der Waals surface area (Å²) in [5.74, 6) is 0.480. The molecule has 3 N–H and O–H groups in total. The Balaban J connectivity index is 2.19. The lowest BCUT2D eigenvalue weighted by molar-refractivity contribution is 0.451. The number of phenolic OH excluding ortho intramolecular Hbond substituents is 2. The minimum Gasteiger partial charge on any atom is -0.508 e. The molecule has 0 atom stereocenters. The highest BCUT2D eigenvalue weighted by Gasteiger charge is 2.20. The lowest BCUT2D eigenvalue weighted by Gasteiger charge is -2.15. The zero-order valence-corrected chi connectivity index (χ0v) is 11.5. The third-order valence-corrected chi connectivity index (χ3v) is 3.22. The molecule has 6 heteroatoms. The van der Waals surface area contributed by atoms with Crippen LogP contribution in [0.1, 0.15) is 26.5 Å². The Morgan fingerprint density at radius 2 is 1.85 bits per heavy atom. The molecule has 104 valence electrons. The molecule has 0 spiro atoms. The van der Waals surface area contributed by atoms with E-state index in [0.717, 1.165) is 5.69 Å². The summed E-state index contributed by atoms with van der Waals surface area (Å²) >= 11 is 0. The smallest absolute Gasteiger partial charge is 0.187 e. The van der Waals surface area contributed by atoms with E-state index in [0.29, 0.717) is 17.0 Å². The Labute approximate surface area is 115 Å². The molecule has 0 fully saturated rings. The van der Waals surface area contributed by atoms with Crippen molar-refractivity contribution < 1.29 is 10.2 Å². The van der Waals surface area contributed by atoms with Crippen molar-refractivity contribution in [1.29, 1.82) is 0 Å². The van der Waals surface area contributed by atoms with Gasteiger partial charge < -0.3 is 10.2 Å². The van der Waals surface area contributed by atoms with Crippen molar-refractivity contribution in [1.82, 2.24) is 19.8 Å². The summed E-state index contributed by atoms with van der Waals surface area (Å²) in [5.41, 5.74) is 2.20. The fourth-order valence-electron chi connectivity index (χ4n) is 2.05. The zero-order valence-electron chi connectivity index (χ0n) is 11.5. The van der Waals surface area contributed by atoms with E-state index in [9.17, 15) is 10.2 Å². The summed E-state index contributed by atoms with van der Waals surface area (Å²) in [6.07, 6.45) is 0. The number of aromatic nitrogens is 4. The molecule has 0 unspecified atom stereocenters. The Bertz CT molecular complexity index is 780. The maximum atomic E-state index is 9.93. The van der Waals surface area contributed by atoms with Crippen LogP contribution in [-0.4, -0.2) is 30.0 Å². The van der Waals surface area contributed by atoms with Crippen LogP contribution in [0.15, 0.2) is 24.3 Å². The van der Waals surface area contributed by atoms with Crippen LogP contribution in [0, 0.1) is 0 Å². The zero-order chi connectivity index (χ0) is 14.5. The topological polar surface area (TPSA) is 86.4 Å². The predicted octanol–water partition coefficient (Wildman–Crippen LogP) is 2.43. The number of benzene rings is 1. The Morgan fingerprint density at radius 1 is 1.10 bits per heavy atom. The number of nitrogens with zero attached hydrogens (tertiary/aromatic N) is 3. The molecule has 0 bridgehead atoms. The molecule has 0 aliphatic heterocycles. The molecular weight excluding hydrogens is 256 g/mol. The van der Waals surface area contributed by atoms with Crippen molar-refractivity contribution in [2.75, 3.05) is 0 Å². The van der Waals surface area contributed by atoms with Crippen molar-refractivity contribution in [3.05, 3.63) is 30.0 Å². The molecular formula is C14H16N4O2. The molecule has 2 heterocycles. The van der Waals surface area contributed by atoms with Crippen LogP contribution >= 0.6 is 0 Å². The van der Waals surface area contributed by atoms with E-state index in [1.807, 2.05) is 6.07 Å². The second-order valence-corrected chi connectivity index (χ2v) is 5.84. The van der Waals surface area contributed by atoms with E-state index in [1.165, 1.54) is 12.1 Å². The number of nitrogens with one attached hydrogen (secondary N) is 1. The molecule has 2 aromatic heterocycles. The molecule has 0 saturated carbocycles. The molecule has 6 nitrogen and oxygen atoms in total. The number of aromatic amines is 1. The van der Waals surface area contributed by atoms with E-state index in [2.05, 4.69) is 36.1 Å². The van der Waals surface area contributed by atoms with Crippen molar-refractivity contribution in [2.45, 2.75) is 26.2 Å². The Kier molecular flexibility index (Phi) is 2.50. The Hall–Kier alpha value is -2.50. The maximum Gasteiger partial charge on any atom is 0.187 e. The fraction of sp³-hybridized carbons (Fsp3) is 0.286. The summed E-state index contributed by atoms with van der Waals surface area (Å²) in [7, 11) is 0. The minimum absolute atomic E-state index is 0.00822. The largest absolute Gasteiger partial charge is 0.508 e. The minimum atomic E-state index is -0.0359. The average molecular weight is 272 g/mol.